The molecule has 6 nitrogen and oxygen atoms in total. The first kappa shape index (κ1) is 17.0. The van der Waals surface area contributed by atoms with E-state index >= 15 is 0 Å². The Kier molecular flexibility index (Phi) is 5.13. The molecule has 0 unspecified atom stereocenters. The van der Waals surface area contributed by atoms with Gasteiger partial charge in [-0.3, -0.25) is 0 Å². The predicted octanol–water partition coefficient (Wildman–Crippen LogP) is 2.53. The van der Waals surface area contributed by atoms with Gasteiger partial charge in [0.2, 0.25) is 0 Å². The van der Waals surface area contributed by atoms with E-state index < -0.39 is 0 Å². The molecule has 6 heteroatoms. The lowest BCUT2D eigenvalue weighted by atomic mass is 10.0. The van der Waals surface area contributed by atoms with Crippen molar-refractivity contribution in [1.82, 2.24) is 24.4 Å². The van der Waals surface area contributed by atoms with Crippen LogP contribution in [-0.4, -0.2) is 32.3 Å². The Hall–Kier alpha value is -2.44. The summed E-state index contributed by atoms with van der Waals surface area (Å²) in [6, 6.07) is 8.58. The molecule has 2 aromatic heterocycles. The molecule has 1 aliphatic heterocycles. The Labute approximate surface area is 153 Å². The van der Waals surface area contributed by atoms with Crippen molar-refractivity contribution in [2.45, 2.75) is 25.6 Å². The minimum absolute atomic E-state index is 0.0868. The largest absolute Gasteiger partial charge is 0.370 e. The molecule has 136 valence electrons. The molecule has 0 amide bonds. The quantitative estimate of drug-likeness (QED) is 0.711. The highest BCUT2D eigenvalue weighted by molar-refractivity contribution is 5.27. The molecule has 4 rings (SSSR count). The highest BCUT2D eigenvalue weighted by atomic mass is 16.5. The van der Waals surface area contributed by atoms with Crippen LogP contribution < -0.4 is 5.32 Å². The second kappa shape index (κ2) is 7.85. The van der Waals surface area contributed by atoms with Gasteiger partial charge in [-0.25, -0.2) is 9.97 Å². The van der Waals surface area contributed by atoms with Crippen LogP contribution in [0.2, 0.25) is 0 Å². The monoisotopic (exact) mass is 351 g/mol. The molecule has 1 saturated heterocycles. The molecule has 1 aliphatic rings. The molecule has 0 aliphatic carbocycles. The van der Waals surface area contributed by atoms with Crippen LogP contribution in [0.3, 0.4) is 0 Å². The summed E-state index contributed by atoms with van der Waals surface area (Å²) in [6.07, 6.45) is 10.7. The van der Waals surface area contributed by atoms with Crippen molar-refractivity contribution < 1.29 is 4.74 Å². The SMILES string of the molecule is Cn1ccnc1[C@@H]1OCC[C@H]1CNCc1ccccc1Cn1ccnc1. The van der Waals surface area contributed by atoms with Gasteiger partial charge in [0.05, 0.1) is 6.33 Å². The summed E-state index contributed by atoms with van der Waals surface area (Å²) in [4.78, 5) is 8.60. The van der Waals surface area contributed by atoms with Crippen molar-refractivity contribution in [2.24, 2.45) is 13.0 Å². The molecule has 3 heterocycles. The molecule has 1 N–H and O–H groups in total. The maximum Gasteiger partial charge on any atom is 0.137 e. The van der Waals surface area contributed by atoms with Crippen LogP contribution in [-0.2, 0) is 24.9 Å². The normalized spacial score (nSPS) is 19.9. The summed E-state index contributed by atoms with van der Waals surface area (Å²) in [5, 5.41) is 3.63. The van der Waals surface area contributed by atoms with E-state index in [-0.39, 0.29) is 6.10 Å². The lowest BCUT2D eigenvalue weighted by molar-refractivity contribution is 0.0811. The first-order chi connectivity index (χ1) is 12.8. The summed E-state index contributed by atoms with van der Waals surface area (Å²) in [5.74, 6) is 1.48. The molecule has 2 atom stereocenters. The fourth-order valence-corrected chi connectivity index (χ4v) is 3.63. The van der Waals surface area contributed by atoms with Gasteiger partial charge < -0.3 is 19.2 Å². The Morgan fingerprint density at radius 1 is 1.19 bits per heavy atom. The average molecular weight is 351 g/mol. The zero-order chi connectivity index (χ0) is 17.8. The van der Waals surface area contributed by atoms with E-state index in [1.54, 1.807) is 0 Å². The predicted molar refractivity (Wildman–Crippen MR) is 99.5 cm³/mol. The van der Waals surface area contributed by atoms with E-state index in [2.05, 4.69) is 48.7 Å². The van der Waals surface area contributed by atoms with Gasteiger partial charge in [0.15, 0.2) is 0 Å². The van der Waals surface area contributed by atoms with Crippen LogP contribution in [0.4, 0.5) is 0 Å². The third-order valence-electron chi connectivity index (χ3n) is 5.08. The third kappa shape index (κ3) is 3.71. The highest BCUT2D eigenvalue weighted by Gasteiger charge is 2.31. The number of aromatic nitrogens is 4. The van der Waals surface area contributed by atoms with Crippen LogP contribution in [0.1, 0.15) is 29.5 Å². The number of benzene rings is 1. The van der Waals surface area contributed by atoms with Crippen molar-refractivity contribution in [3.8, 4) is 0 Å². The van der Waals surface area contributed by atoms with E-state index in [0.717, 1.165) is 38.5 Å². The summed E-state index contributed by atoms with van der Waals surface area (Å²) in [6.45, 7) is 3.44. The Bertz CT molecular complexity index is 826. The van der Waals surface area contributed by atoms with E-state index in [1.165, 1.54) is 11.1 Å². The number of nitrogens with one attached hydrogen (secondary N) is 1. The lowest BCUT2D eigenvalue weighted by Crippen LogP contribution is -2.26. The molecule has 1 fully saturated rings. The minimum atomic E-state index is 0.0868. The summed E-state index contributed by atoms with van der Waals surface area (Å²) in [5.41, 5.74) is 2.65. The number of imidazole rings is 2. The molecule has 26 heavy (non-hydrogen) atoms. The van der Waals surface area contributed by atoms with Crippen molar-refractivity contribution >= 4 is 0 Å². The maximum absolute atomic E-state index is 5.95. The Morgan fingerprint density at radius 2 is 2.08 bits per heavy atom. The summed E-state index contributed by atoms with van der Waals surface area (Å²) >= 11 is 0. The van der Waals surface area contributed by atoms with Gasteiger partial charge in [0, 0.05) is 64.0 Å². The average Bonchev–Trinajstić information content (AvgIpc) is 3.39. The first-order valence-corrected chi connectivity index (χ1v) is 9.13. The van der Waals surface area contributed by atoms with Gasteiger partial charge in [-0.2, -0.15) is 0 Å². The van der Waals surface area contributed by atoms with Gasteiger partial charge in [0.1, 0.15) is 11.9 Å². The number of hydrogen-bond acceptors (Lipinski definition) is 4. The van der Waals surface area contributed by atoms with Gasteiger partial charge in [-0.15, -0.1) is 0 Å². The molecule has 3 aromatic rings. The second-order valence-corrected chi connectivity index (χ2v) is 6.87. The number of nitrogens with zero attached hydrogens (tertiary/aromatic N) is 4. The molecule has 1 aromatic carbocycles. The smallest absolute Gasteiger partial charge is 0.137 e. The molecule has 0 saturated carbocycles. The van der Waals surface area contributed by atoms with Gasteiger partial charge in [0.25, 0.3) is 0 Å². The van der Waals surface area contributed by atoms with Gasteiger partial charge in [-0.05, 0) is 17.5 Å². The van der Waals surface area contributed by atoms with Crippen LogP contribution in [0.15, 0.2) is 55.4 Å². The van der Waals surface area contributed by atoms with Crippen molar-refractivity contribution in [1.29, 1.82) is 0 Å². The number of hydrogen-bond donors (Lipinski definition) is 1. The highest BCUT2D eigenvalue weighted by Crippen LogP contribution is 2.32. The molecular weight excluding hydrogens is 326 g/mol. The number of rotatable bonds is 7. The lowest BCUT2D eigenvalue weighted by Gasteiger charge is -2.19. The van der Waals surface area contributed by atoms with Crippen molar-refractivity contribution in [2.75, 3.05) is 13.2 Å². The topological polar surface area (TPSA) is 56.9 Å². The standard InChI is InChI=1S/C20H25N5O/c1-24-9-8-23-20(24)19-17(6-11-26-19)13-22-12-16-4-2-3-5-18(16)14-25-10-7-21-15-25/h2-5,7-10,15,17,19,22H,6,11-14H2,1H3/t17-,19+/m0/s1. The number of ether oxygens (including phenoxy) is 1. The zero-order valence-corrected chi connectivity index (χ0v) is 15.1. The fourth-order valence-electron chi connectivity index (χ4n) is 3.63. The van der Waals surface area contributed by atoms with E-state index in [0.29, 0.717) is 5.92 Å². The van der Waals surface area contributed by atoms with Crippen LogP contribution in [0, 0.1) is 5.92 Å². The molecule has 0 spiro atoms. The summed E-state index contributed by atoms with van der Waals surface area (Å²) in [7, 11) is 2.03. The fraction of sp³-hybridized carbons (Fsp3) is 0.400. The van der Waals surface area contributed by atoms with E-state index in [4.69, 9.17) is 4.74 Å². The number of aryl methyl sites for hydroxylation is 1. The van der Waals surface area contributed by atoms with Crippen LogP contribution >= 0.6 is 0 Å². The first-order valence-electron chi connectivity index (χ1n) is 9.13. The van der Waals surface area contributed by atoms with E-state index in [9.17, 15) is 0 Å². The third-order valence-corrected chi connectivity index (χ3v) is 5.08. The van der Waals surface area contributed by atoms with E-state index in [1.807, 2.05) is 38.2 Å². The molecule has 0 bridgehead atoms. The van der Waals surface area contributed by atoms with Gasteiger partial charge >= 0.3 is 0 Å². The molecular formula is C20H25N5O. The van der Waals surface area contributed by atoms with Crippen molar-refractivity contribution in [3.63, 3.8) is 0 Å². The van der Waals surface area contributed by atoms with Gasteiger partial charge in [-0.1, -0.05) is 24.3 Å². The van der Waals surface area contributed by atoms with Crippen molar-refractivity contribution in [3.05, 3.63) is 72.3 Å². The maximum atomic E-state index is 5.95. The Morgan fingerprint density at radius 3 is 2.85 bits per heavy atom. The van der Waals surface area contributed by atoms with Crippen LogP contribution in [0.25, 0.3) is 0 Å². The Balaban J connectivity index is 1.37. The second-order valence-electron chi connectivity index (χ2n) is 6.87. The zero-order valence-electron chi connectivity index (χ0n) is 15.1. The molecule has 0 radical (unpaired) electrons. The van der Waals surface area contributed by atoms with Crippen LogP contribution in [0.5, 0.6) is 0 Å². The summed E-state index contributed by atoms with van der Waals surface area (Å²) < 4.78 is 10.1. The minimum Gasteiger partial charge on any atom is -0.370 e.